The first-order valence-corrected chi connectivity index (χ1v) is 7.84. The van der Waals surface area contributed by atoms with E-state index in [4.69, 9.17) is 9.47 Å². The first-order chi connectivity index (χ1) is 9.20. The van der Waals surface area contributed by atoms with Gasteiger partial charge in [-0.1, -0.05) is 7.43 Å². The first kappa shape index (κ1) is 23.1. The van der Waals surface area contributed by atoms with E-state index >= 15 is 0 Å². The van der Waals surface area contributed by atoms with Crippen LogP contribution in [-0.4, -0.2) is 75.0 Å². The average molecular weight is 305 g/mol. The third-order valence-electron chi connectivity index (χ3n) is 2.94. The average Bonchev–Trinajstić information content (AvgIpc) is 2.60. The molecule has 0 N–H and O–H groups in total. The molecular formula is C17H40N2O2. The minimum atomic E-state index is 0. The maximum Gasteiger partial charge on any atom is 0.0717 e. The van der Waals surface area contributed by atoms with E-state index in [1.807, 2.05) is 0 Å². The van der Waals surface area contributed by atoms with Crippen LogP contribution < -0.4 is 0 Å². The van der Waals surface area contributed by atoms with Gasteiger partial charge in [-0.3, -0.25) is 0 Å². The second-order valence-electron chi connectivity index (χ2n) is 6.62. The predicted octanol–water partition coefficient (Wildman–Crippen LogP) is 3.11. The van der Waals surface area contributed by atoms with Gasteiger partial charge in [0.2, 0.25) is 0 Å². The highest BCUT2D eigenvalue weighted by atomic mass is 16.5. The Morgan fingerprint density at radius 1 is 1.10 bits per heavy atom. The fourth-order valence-corrected chi connectivity index (χ4v) is 2.41. The molecule has 0 spiro atoms. The molecule has 2 atom stereocenters. The van der Waals surface area contributed by atoms with Crippen molar-refractivity contribution in [2.75, 3.05) is 40.8 Å². The van der Waals surface area contributed by atoms with Crippen LogP contribution in [0.2, 0.25) is 0 Å². The highest BCUT2D eigenvalue weighted by Gasteiger charge is 2.20. The fraction of sp³-hybridized carbons (Fsp3) is 1.00. The Labute approximate surface area is 133 Å². The number of likely N-dealkylation sites (tertiary alicyclic amines) is 1. The van der Waals surface area contributed by atoms with Gasteiger partial charge in [0.25, 0.3) is 0 Å². The van der Waals surface area contributed by atoms with E-state index in [9.17, 15) is 0 Å². The van der Waals surface area contributed by atoms with Gasteiger partial charge in [0, 0.05) is 19.6 Å². The lowest BCUT2D eigenvalue weighted by atomic mass is 10.3. The lowest BCUT2D eigenvalue weighted by Gasteiger charge is -2.19. The Hall–Kier alpha value is -0.160. The second kappa shape index (κ2) is 12.4. The van der Waals surface area contributed by atoms with E-state index in [1.54, 1.807) is 0 Å². The zero-order valence-electron chi connectivity index (χ0n) is 14.8. The molecule has 0 aromatic carbocycles. The highest BCUT2D eigenvalue weighted by Crippen LogP contribution is 2.11. The minimum absolute atomic E-state index is 0. The summed E-state index contributed by atoms with van der Waals surface area (Å²) in [6.45, 7) is 13.7. The molecule has 4 heteroatoms. The van der Waals surface area contributed by atoms with E-state index in [0.29, 0.717) is 24.4 Å². The number of ether oxygens (including phenoxy) is 2. The van der Waals surface area contributed by atoms with E-state index in [-0.39, 0.29) is 7.43 Å². The lowest BCUT2D eigenvalue weighted by molar-refractivity contribution is 0.00607. The summed E-state index contributed by atoms with van der Waals surface area (Å²) in [6, 6.07) is 0. The molecule has 0 aromatic rings. The summed E-state index contributed by atoms with van der Waals surface area (Å²) in [5, 5.41) is 0. The van der Waals surface area contributed by atoms with Gasteiger partial charge in [-0.25, -0.2) is 0 Å². The first-order valence-electron chi connectivity index (χ1n) is 7.84. The van der Waals surface area contributed by atoms with E-state index in [0.717, 1.165) is 13.1 Å². The van der Waals surface area contributed by atoms with Crippen molar-refractivity contribution in [2.45, 2.75) is 72.9 Å². The van der Waals surface area contributed by atoms with Gasteiger partial charge in [-0.15, -0.1) is 0 Å². The van der Waals surface area contributed by atoms with Crippen LogP contribution >= 0.6 is 0 Å². The smallest absolute Gasteiger partial charge is 0.0717 e. The number of rotatable bonds is 6. The van der Waals surface area contributed by atoms with Gasteiger partial charge in [0.15, 0.2) is 0 Å². The monoisotopic (exact) mass is 304 g/mol. The van der Waals surface area contributed by atoms with Crippen LogP contribution in [0.5, 0.6) is 0 Å². The van der Waals surface area contributed by atoms with Crippen molar-refractivity contribution in [3.05, 3.63) is 0 Å². The minimum Gasteiger partial charge on any atom is -0.375 e. The molecule has 1 fully saturated rings. The van der Waals surface area contributed by atoms with Crippen LogP contribution in [0.3, 0.4) is 0 Å². The molecule has 0 aliphatic carbocycles. The molecule has 0 amide bonds. The highest BCUT2D eigenvalue weighted by molar-refractivity contribution is 4.73. The zero-order valence-corrected chi connectivity index (χ0v) is 14.8. The van der Waals surface area contributed by atoms with Gasteiger partial charge in [-0.05, 0) is 62.2 Å². The van der Waals surface area contributed by atoms with Crippen LogP contribution in [0.4, 0.5) is 0 Å². The molecule has 2 unspecified atom stereocenters. The molecule has 0 aromatic heterocycles. The number of hydrogen-bond acceptors (Lipinski definition) is 4. The molecule has 1 heterocycles. The van der Waals surface area contributed by atoms with Crippen LogP contribution in [0.15, 0.2) is 0 Å². The van der Waals surface area contributed by atoms with Gasteiger partial charge >= 0.3 is 0 Å². The topological polar surface area (TPSA) is 24.9 Å². The maximum atomic E-state index is 5.64. The van der Waals surface area contributed by atoms with Crippen molar-refractivity contribution in [3.63, 3.8) is 0 Å². The molecule has 0 radical (unpaired) electrons. The molecule has 0 bridgehead atoms. The van der Waals surface area contributed by atoms with Crippen LogP contribution in [0.1, 0.15) is 48.5 Å². The summed E-state index contributed by atoms with van der Waals surface area (Å²) >= 11 is 0. The van der Waals surface area contributed by atoms with Gasteiger partial charge in [0.1, 0.15) is 0 Å². The SMILES string of the molecule is C.CC(C)OC(C)CN(C)C.CC(C)OC1CCN(C)C1. The molecule has 1 saturated heterocycles. The van der Waals surface area contributed by atoms with Crippen molar-refractivity contribution in [1.82, 2.24) is 9.80 Å². The summed E-state index contributed by atoms with van der Waals surface area (Å²) in [4.78, 5) is 4.44. The molecule has 4 nitrogen and oxygen atoms in total. The molecule has 21 heavy (non-hydrogen) atoms. The standard InChI is InChI=1S/C8H17NO.C8H19NO.CH4/c1-7(2)10-8-4-5-9(3)6-8;1-7(2)10-8(3)6-9(4)5;/h7-8H,4-6H2,1-3H3;7-8H,6H2,1-5H3;1H4. The van der Waals surface area contributed by atoms with Crippen molar-refractivity contribution >= 4 is 0 Å². The Morgan fingerprint density at radius 2 is 1.67 bits per heavy atom. The maximum absolute atomic E-state index is 5.64. The number of likely N-dealkylation sites (N-methyl/N-ethyl adjacent to an activating group) is 2. The summed E-state index contributed by atoms with van der Waals surface area (Å²) in [5.74, 6) is 0. The van der Waals surface area contributed by atoms with E-state index < -0.39 is 0 Å². The Kier molecular flexibility index (Phi) is 13.6. The molecule has 1 rings (SSSR count). The van der Waals surface area contributed by atoms with Crippen LogP contribution in [-0.2, 0) is 9.47 Å². The number of hydrogen-bond donors (Lipinski definition) is 0. The lowest BCUT2D eigenvalue weighted by Crippen LogP contribution is -2.27. The Morgan fingerprint density at radius 3 is 2.00 bits per heavy atom. The Bertz CT molecular complexity index is 223. The fourth-order valence-electron chi connectivity index (χ4n) is 2.41. The van der Waals surface area contributed by atoms with E-state index in [2.05, 4.69) is 65.6 Å². The van der Waals surface area contributed by atoms with E-state index in [1.165, 1.54) is 13.0 Å². The van der Waals surface area contributed by atoms with Gasteiger partial charge in [-0.2, -0.15) is 0 Å². The molecular weight excluding hydrogens is 264 g/mol. The quantitative estimate of drug-likeness (QED) is 0.753. The number of nitrogens with zero attached hydrogens (tertiary/aromatic N) is 2. The van der Waals surface area contributed by atoms with Gasteiger partial charge in [0.05, 0.1) is 24.4 Å². The molecule has 130 valence electrons. The van der Waals surface area contributed by atoms with Crippen molar-refractivity contribution in [3.8, 4) is 0 Å². The summed E-state index contributed by atoms with van der Waals surface area (Å²) < 4.78 is 11.2. The van der Waals surface area contributed by atoms with Crippen molar-refractivity contribution in [1.29, 1.82) is 0 Å². The third-order valence-corrected chi connectivity index (χ3v) is 2.94. The van der Waals surface area contributed by atoms with Gasteiger partial charge < -0.3 is 19.3 Å². The summed E-state index contributed by atoms with van der Waals surface area (Å²) in [5.41, 5.74) is 0. The van der Waals surface area contributed by atoms with Crippen LogP contribution in [0.25, 0.3) is 0 Å². The second-order valence-corrected chi connectivity index (χ2v) is 6.62. The third kappa shape index (κ3) is 14.5. The van der Waals surface area contributed by atoms with Crippen molar-refractivity contribution in [2.24, 2.45) is 0 Å². The largest absolute Gasteiger partial charge is 0.375 e. The van der Waals surface area contributed by atoms with Crippen LogP contribution in [0, 0.1) is 0 Å². The molecule has 1 aliphatic rings. The zero-order chi connectivity index (χ0) is 15.7. The summed E-state index contributed by atoms with van der Waals surface area (Å²) in [7, 11) is 6.25. The molecule has 1 aliphatic heterocycles. The predicted molar refractivity (Wildman–Crippen MR) is 93.1 cm³/mol. The molecule has 0 saturated carbocycles. The Balaban J connectivity index is 0. The summed E-state index contributed by atoms with van der Waals surface area (Å²) in [6.07, 6.45) is 2.76. The van der Waals surface area contributed by atoms with Crippen molar-refractivity contribution < 1.29 is 9.47 Å². The normalized spacial score (nSPS) is 20.4.